The van der Waals surface area contributed by atoms with Gasteiger partial charge >= 0.3 is 5.97 Å². The first-order valence-electron chi connectivity index (χ1n) is 9.08. The van der Waals surface area contributed by atoms with Crippen LogP contribution in [0.3, 0.4) is 0 Å². The van der Waals surface area contributed by atoms with Gasteiger partial charge in [0, 0.05) is 23.2 Å². The van der Waals surface area contributed by atoms with Crippen LogP contribution in [0.2, 0.25) is 0 Å². The van der Waals surface area contributed by atoms with E-state index in [0.717, 1.165) is 12.0 Å². The molecule has 0 saturated heterocycles. The fourth-order valence-corrected chi connectivity index (χ4v) is 3.22. The highest BCUT2D eigenvalue weighted by Gasteiger charge is 2.44. The Morgan fingerprint density at radius 2 is 1.57 bits per heavy atom. The SMILES string of the molecule is O=C(NCC1(C(=O)O)CCC1)c1ccc(-c2nnc(-c3ccccc3)o2)cc1. The molecule has 7 nitrogen and oxygen atoms in total. The quantitative estimate of drug-likeness (QED) is 0.682. The highest BCUT2D eigenvalue weighted by Crippen LogP contribution is 2.40. The van der Waals surface area contributed by atoms with Gasteiger partial charge in [0.1, 0.15) is 0 Å². The first-order valence-corrected chi connectivity index (χ1v) is 9.08. The third kappa shape index (κ3) is 3.38. The summed E-state index contributed by atoms with van der Waals surface area (Å²) in [4.78, 5) is 23.7. The van der Waals surface area contributed by atoms with Gasteiger partial charge < -0.3 is 14.8 Å². The van der Waals surface area contributed by atoms with Crippen molar-refractivity contribution < 1.29 is 19.1 Å². The fourth-order valence-electron chi connectivity index (χ4n) is 3.22. The molecule has 1 saturated carbocycles. The summed E-state index contributed by atoms with van der Waals surface area (Å²) in [6.07, 6.45) is 2.08. The van der Waals surface area contributed by atoms with Crippen LogP contribution in [0.5, 0.6) is 0 Å². The van der Waals surface area contributed by atoms with Gasteiger partial charge in [-0.2, -0.15) is 0 Å². The second kappa shape index (κ2) is 7.26. The Hall–Kier alpha value is -3.48. The third-order valence-corrected chi connectivity index (χ3v) is 5.19. The number of amides is 1. The Bertz CT molecular complexity index is 992. The molecule has 142 valence electrons. The summed E-state index contributed by atoms with van der Waals surface area (Å²) in [7, 11) is 0. The molecule has 28 heavy (non-hydrogen) atoms. The lowest BCUT2D eigenvalue weighted by molar-refractivity contribution is -0.153. The first-order chi connectivity index (χ1) is 13.6. The van der Waals surface area contributed by atoms with Crippen LogP contribution in [-0.2, 0) is 4.79 Å². The molecule has 7 heteroatoms. The highest BCUT2D eigenvalue weighted by atomic mass is 16.4. The fraction of sp³-hybridized carbons (Fsp3) is 0.238. The van der Waals surface area contributed by atoms with Gasteiger partial charge in [0.25, 0.3) is 5.91 Å². The number of aromatic nitrogens is 2. The van der Waals surface area contributed by atoms with E-state index < -0.39 is 11.4 Å². The maximum absolute atomic E-state index is 12.3. The van der Waals surface area contributed by atoms with E-state index in [1.807, 2.05) is 30.3 Å². The highest BCUT2D eigenvalue weighted by molar-refractivity contribution is 5.95. The van der Waals surface area contributed by atoms with E-state index >= 15 is 0 Å². The van der Waals surface area contributed by atoms with Gasteiger partial charge in [0.15, 0.2) is 0 Å². The molecule has 2 aromatic carbocycles. The average Bonchev–Trinajstić information content (AvgIpc) is 3.18. The number of hydrogen-bond donors (Lipinski definition) is 2. The van der Waals surface area contributed by atoms with Crippen LogP contribution < -0.4 is 5.32 Å². The molecule has 1 aliphatic carbocycles. The minimum atomic E-state index is -0.847. The molecule has 0 unspecified atom stereocenters. The second-order valence-electron chi connectivity index (χ2n) is 6.98. The molecule has 1 fully saturated rings. The van der Waals surface area contributed by atoms with Crippen molar-refractivity contribution in [3.63, 3.8) is 0 Å². The second-order valence-corrected chi connectivity index (χ2v) is 6.98. The Morgan fingerprint density at radius 3 is 2.11 bits per heavy atom. The smallest absolute Gasteiger partial charge is 0.311 e. The Kier molecular flexibility index (Phi) is 4.65. The third-order valence-electron chi connectivity index (χ3n) is 5.19. The molecule has 1 heterocycles. The number of nitrogens with zero attached hydrogens (tertiary/aromatic N) is 2. The molecule has 1 aromatic heterocycles. The normalized spacial score (nSPS) is 14.9. The van der Waals surface area contributed by atoms with Gasteiger partial charge in [-0.15, -0.1) is 10.2 Å². The molecule has 0 bridgehead atoms. The lowest BCUT2D eigenvalue weighted by atomic mass is 9.69. The van der Waals surface area contributed by atoms with Crippen molar-refractivity contribution >= 4 is 11.9 Å². The summed E-state index contributed by atoms with van der Waals surface area (Å²) in [6.45, 7) is 0.146. The van der Waals surface area contributed by atoms with Crippen molar-refractivity contribution in [2.24, 2.45) is 5.41 Å². The summed E-state index contributed by atoms with van der Waals surface area (Å²) in [6, 6.07) is 16.2. The van der Waals surface area contributed by atoms with E-state index in [2.05, 4.69) is 15.5 Å². The molecule has 4 rings (SSSR count). The monoisotopic (exact) mass is 377 g/mol. The summed E-state index contributed by atoms with van der Waals surface area (Å²) >= 11 is 0. The maximum Gasteiger partial charge on any atom is 0.311 e. The van der Waals surface area contributed by atoms with Crippen LogP contribution in [-0.4, -0.2) is 33.7 Å². The number of carboxylic acid groups (broad SMARTS) is 1. The number of aliphatic carboxylic acids is 1. The molecule has 1 amide bonds. The summed E-state index contributed by atoms with van der Waals surface area (Å²) in [5.74, 6) is -0.350. The van der Waals surface area contributed by atoms with Crippen LogP contribution in [0.25, 0.3) is 22.9 Å². The van der Waals surface area contributed by atoms with E-state index in [0.29, 0.717) is 35.7 Å². The topological polar surface area (TPSA) is 105 Å². The lowest BCUT2D eigenvalue weighted by Gasteiger charge is -2.37. The number of nitrogens with one attached hydrogen (secondary N) is 1. The molecule has 0 spiro atoms. The molecule has 2 N–H and O–H groups in total. The van der Waals surface area contributed by atoms with Gasteiger partial charge in [-0.05, 0) is 49.2 Å². The predicted molar refractivity (Wildman–Crippen MR) is 101 cm³/mol. The van der Waals surface area contributed by atoms with E-state index in [1.165, 1.54) is 0 Å². The van der Waals surface area contributed by atoms with Crippen molar-refractivity contribution in [3.8, 4) is 22.9 Å². The van der Waals surface area contributed by atoms with Gasteiger partial charge in [0.2, 0.25) is 11.8 Å². The Labute approximate surface area is 161 Å². The zero-order valence-corrected chi connectivity index (χ0v) is 15.1. The summed E-state index contributed by atoms with van der Waals surface area (Å²) in [5, 5.41) is 20.2. The van der Waals surface area contributed by atoms with Crippen LogP contribution in [0.15, 0.2) is 59.0 Å². The van der Waals surface area contributed by atoms with Crippen molar-refractivity contribution in [1.29, 1.82) is 0 Å². The lowest BCUT2D eigenvalue weighted by Crippen LogP contribution is -2.47. The summed E-state index contributed by atoms with van der Waals surface area (Å²) < 4.78 is 5.71. The van der Waals surface area contributed by atoms with Crippen LogP contribution in [0.4, 0.5) is 0 Å². The van der Waals surface area contributed by atoms with E-state index in [9.17, 15) is 14.7 Å². The number of carbonyl (C=O) groups is 2. The van der Waals surface area contributed by atoms with Gasteiger partial charge in [-0.1, -0.05) is 24.6 Å². The number of carbonyl (C=O) groups excluding carboxylic acids is 1. The zero-order chi connectivity index (χ0) is 19.6. The molecular weight excluding hydrogens is 358 g/mol. The Balaban J connectivity index is 1.43. The minimum absolute atomic E-state index is 0.146. The van der Waals surface area contributed by atoms with Crippen LogP contribution >= 0.6 is 0 Å². The number of rotatable bonds is 6. The first kappa shape index (κ1) is 17.9. The predicted octanol–water partition coefficient (Wildman–Crippen LogP) is 3.39. The molecule has 0 radical (unpaired) electrons. The van der Waals surface area contributed by atoms with Crippen LogP contribution in [0.1, 0.15) is 29.6 Å². The standard InChI is InChI=1S/C21H19N3O4/c25-17(22-13-21(20(26)27)11-4-12-21)14-7-9-16(10-8-14)19-24-23-18(28-19)15-5-2-1-3-6-15/h1-3,5-10H,4,11-13H2,(H,22,25)(H,26,27). The number of hydrogen-bond acceptors (Lipinski definition) is 5. The van der Waals surface area contributed by atoms with Crippen LogP contribution in [0, 0.1) is 5.41 Å². The summed E-state index contributed by atoms with van der Waals surface area (Å²) in [5.41, 5.74) is 1.17. The van der Waals surface area contributed by atoms with Crippen molar-refractivity contribution in [2.45, 2.75) is 19.3 Å². The van der Waals surface area contributed by atoms with Gasteiger partial charge in [-0.25, -0.2) is 0 Å². The van der Waals surface area contributed by atoms with E-state index in [4.69, 9.17) is 4.42 Å². The molecule has 0 aliphatic heterocycles. The molecular formula is C21H19N3O4. The molecule has 0 atom stereocenters. The van der Waals surface area contributed by atoms with Gasteiger partial charge in [0.05, 0.1) is 5.41 Å². The zero-order valence-electron chi connectivity index (χ0n) is 15.1. The average molecular weight is 377 g/mol. The minimum Gasteiger partial charge on any atom is -0.481 e. The van der Waals surface area contributed by atoms with Crippen molar-refractivity contribution in [2.75, 3.05) is 6.54 Å². The van der Waals surface area contributed by atoms with Crippen molar-refractivity contribution in [3.05, 3.63) is 60.2 Å². The number of carboxylic acids is 1. The molecule has 1 aliphatic rings. The van der Waals surface area contributed by atoms with E-state index in [1.54, 1.807) is 24.3 Å². The molecule has 3 aromatic rings. The Morgan fingerprint density at radius 1 is 0.964 bits per heavy atom. The largest absolute Gasteiger partial charge is 0.481 e. The van der Waals surface area contributed by atoms with Crippen molar-refractivity contribution in [1.82, 2.24) is 15.5 Å². The number of benzene rings is 2. The van der Waals surface area contributed by atoms with Gasteiger partial charge in [-0.3, -0.25) is 9.59 Å². The maximum atomic E-state index is 12.3. The van der Waals surface area contributed by atoms with E-state index in [-0.39, 0.29) is 12.5 Å².